The first-order valence-corrected chi connectivity index (χ1v) is 8.53. The summed E-state index contributed by atoms with van der Waals surface area (Å²) in [5.74, 6) is 1.99. The predicted molar refractivity (Wildman–Crippen MR) is 93.2 cm³/mol. The molecule has 24 heavy (non-hydrogen) atoms. The van der Waals surface area contributed by atoms with Gasteiger partial charge in [-0.2, -0.15) is 0 Å². The fraction of sp³-hybridized carbons (Fsp3) is 0.474. The lowest BCUT2D eigenvalue weighted by molar-refractivity contribution is -0.122. The zero-order chi connectivity index (χ0) is 17.1. The summed E-state index contributed by atoms with van der Waals surface area (Å²) in [6, 6.07) is 6.18. The largest absolute Gasteiger partial charge is 0.493 e. The van der Waals surface area contributed by atoms with E-state index in [2.05, 4.69) is 34.9 Å². The van der Waals surface area contributed by atoms with Crippen LogP contribution < -0.4 is 10.1 Å². The number of nitrogens with one attached hydrogen (secondary N) is 1. The molecular weight excluding hydrogens is 302 g/mol. The van der Waals surface area contributed by atoms with Gasteiger partial charge in [0.05, 0.1) is 18.7 Å². The number of fused-ring (bicyclic) bond motifs is 1. The minimum Gasteiger partial charge on any atom is -0.493 e. The van der Waals surface area contributed by atoms with Crippen molar-refractivity contribution in [2.24, 2.45) is 0 Å². The highest BCUT2D eigenvalue weighted by Gasteiger charge is 2.21. The van der Waals surface area contributed by atoms with Gasteiger partial charge in [0.2, 0.25) is 5.91 Å². The first-order valence-electron chi connectivity index (χ1n) is 8.53. The standard InChI is InChI=1S/C19H25N3O2/c1-13-4-6-17(10-14(13)2)24-9-8-19(23)21-16-5-7-18-20-15(3)11-22(18)12-16/h4,6,10-11,16H,5,7-9,12H2,1-3H3,(H,21,23)/t16-/m0/s1. The summed E-state index contributed by atoms with van der Waals surface area (Å²) >= 11 is 0. The van der Waals surface area contributed by atoms with Crippen LogP contribution in [0.5, 0.6) is 5.75 Å². The maximum atomic E-state index is 12.1. The van der Waals surface area contributed by atoms with Gasteiger partial charge in [0.15, 0.2) is 0 Å². The van der Waals surface area contributed by atoms with Crippen LogP contribution in [0, 0.1) is 20.8 Å². The van der Waals surface area contributed by atoms with Gasteiger partial charge in [0, 0.05) is 25.2 Å². The van der Waals surface area contributed by atoms with Crippen molar-refractivity contribution >= 4 is 5.91 Å². The maximum Gasteiger partial charge on any atom is 0.223 e. The average Bonchev–Trinajstić information content (AvgIpc) is 2.90. The van der Waals surface area contributed by atoms with E-state index in [1.54, 1.807) is 0 Å². The van der Waals surface area contributed by atoms with Crippen molar-refractivity contribution in [3.63, 3.8) is 0 Å². The molecule has 1 aliphatic rings. The predicted octanol–water partition coefficient (Wildman–Crippen LogP) is 2.71. The second kappa shape index (κ2) is 7.07. The summed E-state index contributed by atoms with van der Waals surface area (Å²) in [5.41, 5.74) is 3.48. The molecule has 1 aliphatic heterocycles. The Bertz CT molecular complexity index is 736. The molecule has 0 unspecified atom stereocenters. The van der Waals surface area contributed by atoms with Gasteiger partial charge in [-0.3, -0.25) is 4.79 Å². The minimum absolute atomic E-state index is 0.0455. The van der Waals surface area contributed by atoms with E-state index in [9.17, 15) is 4.79 Å². The van der Waals surface area contributed by atoms with E-state index in [0.29, 0.717) is 13.0 Å². The van der Waals surface area contributed by atoms with Crippen LogP contribution in [-0.2, 0) is 17.8 Å². The Kier molecular flexibility index (Phi) is 4.88. The van der Waals surface area contributed by atoms with Crippen LogP contribution in [0.1, 0.15) is 35.5 Å². The van der Waals surface area contributed by atoms with Crippen molar-refractivity contribution in [3.8, 4) is 5.75 Å². The normalized spacial score (nSPS) is 16.5. The molecule has 1 aromatic heterocycles. The number of hydrogen-bond acceptors (Lipinski definition) is 3. The number of carbonyl (C=O) groups is 1. The second-order valence-corrected chi connectivity index (χ2v) is 6.60. The van der Waals surface area contributed by atoms with Crippen LogP contribution in [0.4, 0.5) is 0 Å². The Morgan fingerprint density at radius 2 is 2.17 bits per heavy atom. The van der Waals surface area contributed by atoms with Gasteiger partial charge in [-0.15, -0.1) is 0 Å². The molecule has 1 N–H and O–H groups in total. The molecule has 5 nitrogen and oxygen atoms in total. The van der Waals surface area contributed by atoms with E-state index in [-0.39, 0.29) is 11.9 Å². The highest BCUT2D eigenvalue weighted by Crippen LogP contribution is 2.17. The molecule has 1 aromatic carbocycles. The molecule has 128 valence electrons. The molecule has 1 atom stereocenters. The van der Waals surface area contributed by atoms with Crippen molar-refractivity contribution in [2.75, 3.05) is 6.61 Å². The van der Waals surface area contributed by atoms with Crippen LogP contribution in [-0.4, -0.2) is 28.1 Å². The SMILES string of the molecule is Cc1cn2c(n1)CC[C@H](NC(=O)CCOc1ccc(C)c(C)c1)C2. The number of carbonyl (C=O) groups excluding carboxylic acids is 1. The van der Waals surface area contributed by atoms with Crippen LogP contribution in [0.2, 0.25) is 0 Å². The zero-order valence-corrected chi connectivity index (χ0v) is 14.6. The molecule has 0 aliphatic carbocycles. The van der Waals surface area contributed by atoms with Crippen LogP contribution in [0.3, 0.4) is 0 Å². The highest BCUT2D eigenvalue weighted by molar-refractivity contribution is 5.76. The van der Waals surface area contributed by atoms with Gasteiger partial charge in [0.25, 0.3) is 0 Å². The molecule has 0 saturated heterocycles. The first kappa shape index (κ1) is 16.6. The fourth-order valence-corrected chi connectivity index (χ4v) is 3.07. The molecule has 0 spiro atoms. The number of imidazole rings is 1. The number of nitrogens with zero attached hydrogens (tertiary/aromatic N) is 2. The van der Waals surface area contributed by atoms with Gasteiger partial charge >= 0.3 is 0 Å². The Morgan fingerprint density at radius 3 is 2.96 bits per heavy atom. The highest BCUT2D eigenvalue weighted by atomic mass is 16.5. The Morgan fingerprint density at radius 1 is 1.33 bits per heavy atom. The molecule has 5 heteroatoms. The third kappa shape index (κ3) is 3.96. The summed E-state index contributed by atoms with van der Waals surface area (Å²) in [6.07, 6.45) is 4.29. The van der Waals surface area contributed by atoms with Gasteiger partial charge in [-0.1, -0.05) is 6.07 Å². The van der Waals surface area contributed by atoms with E-state index in [1.807, 2.05) is 25.1 Å². The lowest BCUT2D eigenvalue weighted by Crippen LogP contribution is -2.41. The van der Waals surface area contributed by atoms with E-state index < -0.39 is 0 Å². The minimum atomic E-state index is 0.0455. The second-order valence-electron chi connectivity index (χ2n) is 6.60. The van der Waals surface area contributed by atoms with Crippen LogP contribution in [0.15, 0.2) is 24.4 Å². The van der Waals surface area contributed by atoms with E-state index in [0.717, 1.165) is 36.7 Å². The fourth-order valence-electron chi connectivity index (χ4n) is 3.07. The molecule has 0 radical (unpaired) electrons. The number of aryl methyl sites for hydroxylation is 4. The van der Waals surface area contributed by atoms with Gasteiger partial charge in [-0.05, 0) is 50.5 Å². The molecule has 0 saturated carbocycles. The monoisotopic (exact) mass is 327 g/mol. The lowest BCUT2D eigenvalue weighted by atomic mass is 10.1. The van der Waals surface area contributed by atoms with Crippen molar-refractivity contribution < 1.29 is 9.53 Å². The number of amides is 1. The van der Waals surface area contributed by atoms with Crippen molar-refractivity contribution in [3.05, 3.63) is 47.0 Å². The smallest absolute Gasteiger partial charge is 0.223 e. The van der Waals surface area contributed by atoms with E-state index in [4.69, 9.17) is 4.74 Å². The number of benzene rings is 1. The van der Waals surface area contributed by atoms with E-state index in [1.165, 1.54) is 11.1 Å². The van der Waals surface area contributed by atoms with Gasteiger partial charge in [-0.25, -0.2) is 4.98 Å². The number of hydrogen-bond donors (Lipinski definition) is 1. The zero-order valence-electron chi connectivity index (χ0n) is 14.6. The summed E-state index contributed by atoms with van der Waals surface area (Å²) in [6.45, 7) is 7.34. The molecule has 2 heterocycles. The molecule has 3 rings (SSSR count). The summed E-state index contributed by atoms with van der Waals surface area (Å²) < 4.78 is 7.83. The lowest BCUT2D eigenvalue weighted by Gasteiger charge is -2.24. The van der Waals surface area contributed by atoms with Crippen LogP contribution >= 0.6 is 0 Å². The van der Waals surface area contributed by atoms with Crippen LogP contribution in [0.25, 0.3) is 0 Å². The number of ether oxygens (including phenoxy) is 1. The first-order chi connectivity index (χ1) is 11.5. The number of aromatic nitrogens is 2. The third-order valence-electron chi connectivity index (χ3n) is 4.55. The molecular formula is C19H25N3O2. The van der Waals surface area contributed by atoms with Gasteiger partial charge < -0.3 is 14.6 Å². The molecule has 0 fully saturated rings. The Balaban J connectivity index is 1.44. The summed E-state index contributed by atoms with van der Waals surface area (Å²) in [7, 11) is 0. The molecule has 2 aromatic rings. The third-order valence-corrected chi connectivity index (χ3v) is 4.55. The molecule has 0 bridgehead atoms. The summed E-state index contributed by atoms with van der Waals surface area (Å²) in [5, 5.41) is 3.11. The van der Waals surface area contributed by atoms with Gasteiger partial charge in [0.1, 0.15) is 11.6 Å². The van der Waals surface area contributed by atoms with Crippen molar-refractivity contribution in [2.45, 2.75) is 52.6 Å². The average molecular weight is 327 g/mol. The maximum absolute atomic E-state index is 12.1. The number of rotatable bonds is 5. The topological polar surface area (TPSA) is 56.2 Å². The molecule has 1 amide bonds. The summed E-state index contributed by atoms with van der Waals surface area (Å²) in [4.78, 5) is 16.6. The van der Waals surface area contributed by atoms with Crippen molar-refractivity contribution in [1.82, 2.24) is 14.9 Å². The van der Waals surface area contributed by atoms with Crippen molar-refractivity contribution in [1.29, 1.82) is 0 Å². The Hall–Kier alpha value is -2.30. The Labute approximate surface area is 143 Å². The van der Waals surface area contributed by atoms with E-state index >= 15 is 0 Å². The quantitative estimate of drug-likeness (QED) is 0.918.